The number of rotatable bonds is 5. The van der Waals surface area contributed by atoms with Crippen LogP contribution in [0.4, 0.5) is 14.9 Å². The first-order valence-electron chi connectivity index (χ1n) is 8.18. The molecule has 1 aliphatic rings. The van der Waals surface area contributed by atoms with Gasteiger partial charge in [0, 0.05) is 0 Å². The maximum Gasteiger partial charge on any atom is 0.341 e. The fraction of sp³-hybridized carbons (Fsp3) is 0.0526. The van der Waals surface area contributed by atoms with E-state index in [2.05, 4.69) is 0 Å². The fourth-order valence-electron chi connectivity index (χ4n) is 2.58. The molecule has 0 spiro atoms. The number of benzene rings is 2. The van der Waals surface area contributed by atoms with Crippen molar-refractivity contribution < 1.29 is 33.4 Å². The minimum atomic E-state index is -1.23. The molecule has 11 heteroatoms. The van der Waals surface area contributed by atoms with E-state index < -0.39 is 41.8 Å². The number of carbonyl (C=O) groups is 4. The zero-order chi connectivity index (χ0) is 22.0. The Kier molecular flexibility index (Phi) is 6.04. The number of barbiturate groups is 1. The lowest BCUT2D eigenvalue weighted by Gasteiger charge is -2.26. The van der Waals surface area contributed by atoms with Crippen molar-refractivity contribution in [1.82, 2.24) is 5.32 Å². The summed E-state index contributed by atoms with van der Waals surface area (Å²) < 4.78 is 18.1. The van der Waals surface area contributed by atoms with E-state index in [4.69, 9.17) is 33.0 Å². The van der Waals surface area contributed by atoms with E-state index in [0.29, 0.717) is 4.90 Å². The van der Waals surface area contributed by atoms with Crippen LogP contribution >= 0.6 is 23.2 Å². The molecule has 2 aromatic rings. The van der Waals surface area contributed by atoms with Crippen molar-refractivity contribution in [3.8, 4) is 5.75 Å². The quantitative estimate of drug-likeness (QED) is 0.531. The highest BCUT2D eigenvalue weighted by Crippen LogP contribution is 2.35. The van der Waals surface area contributed by atoms with Gasteiger partial charge in [0.15, 0.2) is 12.4 Å². The Morgan fingerprint density at radius 1 is 1.13 bits per heavy atom. The van der Waals surface area contributed by atoms with Gasteiger partial charge in [0.05, 0.1) is 15.7 Å². The number of carboxylic acid groups (broad SMARTS) is 1. The van der Waals surface area contributed by atoms with Crippen molar-refractivity contribution in [1.29, 1.82) is 0 Å². The van der Waals surface area contributed by atoms with Crippen molar-refractivity contribution >= 4 is 58.8 Å². The van der Waals surface area contributed by atoms with Gasteiger partial charge in [-0.2, -0.15) is 0 Å². The molecule has 2 aromatic carbocycles. The Labute approximate surface area is 178 Å². The second-order valence-electron chi connectivity index (χ2n) is 5.93. The molecule has 0 aliphatic carbocycles. The van der Waals surface area contributed by atoms with Gasteiger partial charge in [-0.15, -0.1) is 0 Å². The minimum absolute atomic E-state index is 0.0502. The van der Waals surface area contributed by atoms with E-state index in [0.717, 1.165) is 18.2 Å². The lowest BCUT2D eigenvalue weighted by atomic mass is 10.1. The summed E-state index contributed by atoms with van der Waals surface area (Å²) in [5.41, 5.74) is -0.115. The Hall–Kier alpha value is -3.43. The number of aliphatic carboxylic acids is 1. The summed E-state index contributed by atoms with van der Waals surface area (Å²) in [6.45, 7) is -0.671. The average Bonchev–Trinajstić information content (AvgIpc) is 2.65. The number of halogens is 3. The number of carbonyl (C=O) groups excluding carboxylic acids is 3. The fourth-order valence-corrected chi connectivity index (χ4v) is 3.20. The number of hydrogen-bond acceptors (Lipinski definition) is 5. The van der Waals surface area contributed by atoms with Crippen LogP contribution < -0.4 is 15.0 Å². The van der Waals surface area contributed by atoms with Crippen LogP contribution in [0, 0.1) is 5.82 Å². The van der Waals surface area contributed by atoms with Gasteiger partial charge in [-0.1, -0.05) is 23.2 Å². The van der Waals surface area contributed by atoms with Crippen LogP contribution in [0.25, 0.3) is 6.08 Å². The van der Waals surface area contributed by atoms with Gasteiger partial charge in [-0.25, -0.2) is 18.9 Å². The summed E-state index contributed by atoms with van der Waals surface area (Å²) in [6.07, 6.45) is 1.15. The molecule has 0 atom stereocenters. The SMILES string of the molecule is O=C(O)COc1c(Cl)cc(/C=C2/C(=O)NC(=O)N(c3ccc(F)cc3)C2=O)cc1Cl. The highest BCUT2D eigenvalue weighted by atomic mass is 35.5. The molecule has 0 radical (unpaired) electrons. The third-order valence-corrected chi connectivity index (χ3v) is 4.42. The molecular weight excluding hydrogens is 442 g/mol. The molecule has 0 unspecified atom stereocenters. The van der Waals surface area contributed by atoms with E-state index in [-0.39, 0.29) is 27.0 Å². The zero-order valence-electron chi connectivity index (χ0n) is 14.8. The number of anilines is 1. The number of imide groups is 2. The first-order valence-corrected chi connectivity index (χ1v) is 8.93. The maximum absolute atomic E-state index is 13.1. The number of urea groups is 1. The summed E-state index contributed by atoms with van der Waals surface area (Å²) in [5, 5.41) is 10.6. The van der Waals surface area contributed by atoms with Crippen LogP contribution in [-0.4, -0.2) is 35.5 Å². The highest BCUT2D eigenvalue weighted by molar-refractivity contribution is 6.40. The Morgan fingerprint density at radius 3 is 2.30 bits per heavy atom. The summed E-state index contributed by atoms with van der Waals surface area (Å²) in [6, 6.07) is 6.16. The van der Waals surface area contributed by atoms with Crippen LogP contribution in [0.1, 0.15) is 5.56 Å². The summed E-state index contributed by atoms with van der Waals surface area (Å²) in [7, 11) is 0. The third kappa shape index (κ3) is 4.42. The number of nitrogens with one attached hydrogen (secondary N) is 1. The molecule has 1 saturated heterocycles. The second kappa shape index (κ2) is 8.52. The van der Waals surface area contributed by atoms with Crippen LogP contribution in [0.2, 0.25) is 10.0 Å². The molecule has 0 aromatic heterocycles. The Morgan fingerprint density at radius 2 is 1.73 bits per heavy atom. The van der Waals surface area contributed by atoms with Gasteiger partial charge < -0.3 is 9.84 Å². The maximum atomic E-state index is 13.1. The van der Waals surface area contributed by atoms with Crippen LogP contribution in [0.5, 0.6) is 5.75 Å². The van der Waals surface area contributed by atoms with Gasteiger partial charge in [-0.3, -0.25) is 14.9 Å². The predicted octanol–water partition coefficient (Wildman–Crippen LogP) is 3.26. The lowest BCUT2D eigenvalue weighted by Crippen LogP contribution is -2.54. The molecule has 1 heterocycles. The van der Waals surface area contributed by atoms with Crippen molar-refractivity contribution in [3.63, 3.8) is 0 Å². The third-order valence-electron chi connectivity index (χ3n) is 3.86. The number of nitrogens with zero attached hydrogens (tertiary/aromatic N) is 1. The van der Waals surface area contributed by atoms with Crippen molar-refractivity contribution in [2.45, 2.75) is 0 Å². The first-order chi connectivity index (χ1) is 14.2. The number of carboxylic acids is 1. The predicted molar refractivity (Wildman–Crippen MR) is 105 cm³/mol. The zero-order valence-corrected chi connectivity index (χ0v) is 16.3. The van der Waals surface area contributed by atoms with Gasteiger partial charge in [0.25, 0.3) is 11.8 Å². The van der Waals surface area contributed by atoms with Gasteiger partial charge in [0.1, 0.15) is 11.4 Å². The molecule has 2 N–H and O–H groups in total. The van der Waals surface area contributed by atoms with Crippen molar-refractivity contribution in [2.75, 3.05) is 11.5 Å². The molecule has 154 valence electrons. The second-order valence-corrected chi connectivity index (χ2v) is 6.74. The molecule has 0 saturated carbocycles. The van der Waals surface area contributed by atoms with Crippen molar-refractivity contribution in [3.05, 3.63) is 63.4 Å². The molecule has 3 rings (SSSR count). The molecule has 1 aliphatic heterocycles. The standard InChI is InChI=1S/C19H11Cl2FN2O6/c20-13-6-9(7-14(21)16(13)30-8-15(25)26)5-12-17(27)23-19(29)24(18(12)28)11-3-1-10(22)2-4-11/h1-7H,8H2,(H,25,26)(H,23,27,29)/b12-5-. The van der Waals surface area contributed by atoms with E-state index in [1.165, 1.54) is 24.3 Å². The Balaban J connectivity index is 1.96. The smallest absolute Gasteiger partial charge is 0.341 e. The molecule has 0 bridgehead atoms. The monoisotopic (exact) mass is 452 g/mol. The van der Waals surface area contributed by atoms with Gasteiger partial charge in [0.2, 0.25) is 0 Å². The van der Waals surface area contributed by atoms with Crippen LogP contribution in [0.15, 0.2) is 42.0 Å². The largest absolute Gasteiger partial charge is 0.479 e. The molecular formula is C19H11Cl2FN2O6. The molecule has 1 fully saturated rings. The number of ether oxygens (including phenoxy) is 1. The van der Waals surface area contributed by atoms with E-state index in [9.17, 15) is 23.6 Å². The van der Waals surface area contributed by atoms with Gasteiger partial charge in [-0.05, 0) is 48.0 Å². The van der Waals surface area contributed by atoms with E-state index in [1.807, 2.05) is 5.32 Å². The summed E-state index contributed by atoms with van der Waals surface area (Å²) in [5.74, 6) is -3.76. The highest BCUT2D eigenvalue weighted by Gasteiger charge is 2.36. The normalized spacial score (nSPS) is 15.4. The number of hydrogen-bond donors (Lipinski definition) is 2. The molecule has 4 amide bonds. The Bertz CT molecular complexity index is 1080. The minimum Gasteiger partial charge on any atom is -0.479 e. The van der Waals surface area contributed by atoms with E-state index >= 15 is 0 Å². The van der Waals surface area contributed by atoms with Crippen LogP contribution in [-0.2, 0) is 14.4 Å². The first kappa shape index (κ1) is 21.3. The van der Waals surface area contributed by atoms with Crippen LogP contribution in [0.3, 0.4) is 0 Å². The topological polar surface area (TPSA) is 113 Å². The lowest BCUT2D eigenvalue weighted by molar-refractivity contribution is -0.139. The summed E-state index contributed by atoms with van der Waals surface area (Å²) in [4.78, 5) is 48.4. The van der Waals surface area contributed by atoms with E-state index in [1.54, 1.807) is 0 Å². The number of amides is 4. The van der Waals surface area contributed by atoms with Gasteiger partial charge >= 0.3 is 12.0 Å². The average molecular weight is 453 g/mol. The molecule has 30 heavy (non-hydrogen) atoms. The van der Waals surface area contributed by atoms with Crippen molar-refractivity contribution in [2.24, 2.45) is 0 Å². The molecule has 8 nitrogen and oxygen atoms in total. The summed E-state index contributed by atoms with van der Waals surface area (Å²) >= 11 is 12.1.